The summed E-state index contributed by atoms with van der Waals surface area (Å²) in [4.78, 5) is 2.35. The van der Waals surface area contributed by atoms with Crippen LogP contribution in [0.2, 0.25) is 0 Å². The summed E-state index contributed by atoms with van der Waals surface area (Å²) in [7, 11) is 1.71. The normalized spacial score (nSPS) is 14.3. The molecule has 9 aromatic rings. The maximum absolute atomic E-state index is 6.58. The number of hydrogen-bond acceptors (Lipinski definition) is 3. The largest absolute Gasteiger partial charge is 0.497 e. The maximum Gasteiger partial charge on any atom is 0.159 e. The van der Waals surface area contributed by atoms with E-state index in [0.717, 1.165) is 56.9 Å². The molecule has 4 nitrogen and oxygen atoms in total. The number of aromatic nitrogens is 1. The number of rotatable bonds is 7. The van der Waals surface area contributed by atoms with Gasteiger partial charge in [-0.05, 0) is 95.9 Å². The Labute approximate surface area is 308 Å². The summed E-state index contributed by atoms with van der Waals surface area (Å²) in [6.07, 6.45) is 7.90. The van der Waals surface area contributed by atoms with Crippen LogP contribution < -0.4 is 9.64 Å². The Kier molecular flexibility index (Phi) is 7.47. The van der Waals surface area contributed by atoms with Crippen LogP contribution in [-0.2, 0) is 0 Å². The molecular weight excluding hydrogens is 649 g/mol. The van der Waals surface area contributed by atoms with Gasteiger partial charge >= 0.3 is 0 Å². The van der Waals surface area contributed by atoms with Gasteiger partial charge in [-0.25, -0.2) is 0 Å². The smallest absolute Gasteiger partial charge is 0.159 e. The first-order valence-corrected chi connectivity index (χ1v) is 18.2. The average molecular weight is 685 g/mol. The molecule has 53 heavy (non-hydrogen) atoms. The van der Waals surface area contributed by atoms with Crippen molar-refractivity contribution in [3.8, 4) is 22.6 Å². The lowest BCUT2D eigenvalue weighted by Gasteiger charge is -2.29. The summed E-state index contributed by atoms with van der Waals surface area (Å²) in [5, 5.41) is 4.75. The number of benzene rings is 7. The van der Waals surface area contributed by atoms with Crippen molar-refractivity contribution in [2.24, 2.45) is 0 Å². The molecule has 10 rings (SSSR count). The van der Waals surface area contributed by atoms with Crippen molar-refractivity contribution in [3.63, 3.8) is 0 Å². The molecule has 1 unspecified atom stereocenters. The number of para-hydroxylation sites is 3. The highest BCUT2D eigenvalue weighted by Crippen LogP contribution is 2.43. The lowest BCUT2D eigenvalue weighted by molar-refractivity contribution is 0.415. The second-order valence-corrected chi connectivity index (χ2v) is 13.7. The molecule has 0 saturated carbocycles. The molecule has 0 bridgehead atoms. The zero-order valence-electron chi connectivity index (χ0n) is 29.3. The first kappa shape index (κ1) is 31.0. The van der Waals surface area contributed by atoms with Crippen LogP contribution in [0.5, 0.6) is 5.75 Å². The highest BCUT2D eigenvalue weighted by molar-refractivity contribution is 6.10. The van der Waals surface area contributed by atoms with Crippen molar-refractivity contribution in [2.75, 3.05) is 12.0 Å². The number of hydrogen-bond donors (Lipinski definition) is 0. The zero-order chi connectivity index (χ0) is 35.3. The molecule has 0 aliphatic heterocycles. The summed E-state index contributed by atoms with van der Waals surface area (Å²) in [5.74, 6) is 1.10. The van der Waals surface area contributed by atoms with Gasteiger partial charge in [0, 0.05) is 44.5 Å². The number of anilines is 2. The van der Waals surface area contributed by atoms with Gasteiger partial charge in [-0.15, -0.1) is 0 Å². The van der Waals surface area contributed by atoms with Crippen molar-refractivity contribution in [1.82, 2.24) is 4.57 Å². The molecule has 0 fully saturated rings. The van der Waals surface area contributed by atoms with E-state index in [9.17, 15) is 0 Å². The Bertz CT molecular complexity index is 2840. The lowest BCUT2D eigenvalue weighted by atomic mass is 9.90. The van der Waals surface area contributed by atoms with Crippen LogP contribution in [0, 0.1) is 0 Å². The number of ether oxygens (including phenoxy) is 1. The summed E-state index contributed by atoms with van der Waals surface area (Å²) in [5.41, 5.74) is 12.2. The van der Waals surface area contributed by atoms with Gasteiger partial charge in [0.05, 0.1) is 23.8 Å². The standard InChI is InChI=1S/C49H36N2O2/c1-52-40-29-27-39(28-30-40)51-45-15-7-5-12-41(45)44-32-36(22-31-46(44)51)35-20-25-38(26-21-35)50(37-23-18-34(19-24-37)33-10-3-2-4-11-33)47-16-9-14-43-42-13-6-8-17-48(42)53-49(43)47/h2-20,22-32,35H,21H2,1H3. The lowest BCUT2D eigenvalue weighted by Crippen LogP contribution is -2.17. The van der Waals surface area contributed by atoms with E-state index in [-0.39, 0.29) is 5.92 Å². The fourth-order valence-electron chi connectivity index (χ4n) is 8.02. The van der Waals surface area contributed by atoms with Crippen molar-refractivity contribution in [1.29, 1.82) is 0 Å². The van der Waals surface area contributed by atoms with Gasteiger partial charge in [0.1, 0.15) is 11.3 Å². The molecule has 1 aliphatic carbocycles. The molecule has 1 atom stereocenters. The predicted molar refractivity (Wildman–Crippen MR) is 220 cm³/mol. The van der Waals surface area contributed by atoms with Crippen LogP contribution in [-0.4, -0.2) is 11.7 Å². The highest BCUT2D eigenvalue weighted by Gasteiger charge is 2.23. The minimum atomic E-state index is 0.246. The molecule has 0 amide bonds. The third kappa shape index (κ3) is 5.30. The average Bonchev–Trinajstić information content (AvgIpc) is 3.78. The van der Waals surface area contributed by atoms with E-state index < -0.39 is 0 Å². The Morgan fingerprint density at radius 3 is 2.13 bits per heavy atom. The van der Waals surface area contributed by atoms with Crippen molar-refractivity contribution >= 4 is 55.1 Å². The number of methoxy groups -OCH3 is 1. The molecule has 0 saturated heterocycles. The van der Waals surface area contributed by atoms with Crippen LogP contribution in [0.1, 0.15) is 17.9 Å². The van der Waals surface area contributed by atoms with Gasteiger partial charge in [0.2, 0.25) is 0 Å². The van der Waals surface area contributed by atoms with Crippen molar-refractivity contribution in [2.45, 2.75) is 12.3 Å². The van der Waals surface area contributed by atoms with Gasteiger partial charge in [0.15, 0.2) is 5.58 Å². The molecule has 4 heteroatoms. The molecule has 0 radical (unpaired) electrons. The van der Waals surface area contributed by atoms with Crippen LogP contribution in [0.3, 0.4) is 0 Å². The second-order valence-electron chi connectivity index (χ2n) is 13.7. The van der Waals surface area contributed by atoms with E-state index in [0.29, 0.717) is 0 Å². The van der Waals surface area contributed by atoms with Crippen LogP contribution >= 0.6 is 0 Å². The van der Waals surface area contributed by atoms with E-state index in [2.05, 4.69) is 167 Å². The SMILES string of the molecule is COc1ccc(-n2c3ccccc3c3cc(C4C=CC(N(c5ccc(-c6ccccc6)cc5)c5cccc6c5oc5ccccc56)=CC4)ccc32)cc1. The van der Waals surface area contributed by atoms with E-state index in [1.54, 1.807) is 7.11 Å². The molecule has 7 aromatic carbocycles. The number of nitrogens with zero attached hydrogens (tertiary/aromatic N) is 2. The summed E-state index contributed by atoms with van der Waals surface area (Å²) >= 11 is 0. The van der Waals surface area contributed by atoms with Crippen LogP contribution in [0.4, 0.5) is 11.4 Å². The van der Waals surface area contributed by atoms with E-state index in [1.807, 2.05) is 24.3 Å². The summed E-state index contributed by atoms with van der Waals surface area (Å²) in [6, 6.07) is 58.1. The van der Waals surface area contributed by atoms with Gasteiger partial charge < -0.3 is 18.6 Å². The second kappa shape index (κ2) is 12.8. The Balaban J connectivity index is 1.04. The van der Waals surface area contributed by atoms with Crippen LogP contribution in [0.25, 0.3) is 60.6 Å². The first-order chi connectivity index (χ1) is 26.2. The number of furan rings is 1. The highest BCUT2D eigenvalue weighted by atomic mass is 16.5. The minimum absolute atomic E-state index is 0.246. The number of fused-ring (bicyclic) bond motifs is 6. The molecule has 2 aromatic heterocycles. The molecule has 254 valence electrons. The maximum atomic E-state index is 6.58. The van der Waals surface area contributed by atoms with E-state index in [4.69, 9.17) is 9.15 Å². The zero-order valence-corrected chi connectivity index (χ0v) is 29.3. The van der Waals surface area contributed by atoms with Gasteiger partial charge in [0.25, 0.3) is 0 Å². The Hall–Kier alpha value is -6.78. The van der Waals surface area contributed by atoms with Gasteiger partial charge in [-0.2, -0.15) is 0 Å². The monoisotopic (exact) mass is 684 g/mol. The molecule has 0 spiro atoms. The van der Waals surface area contributed by atoms with Gasteiger partial charge in [-0.3, -0.25) is 0 Å². The van der Waals surface area contributed by atoms with Gasteiger partial charge in [-0.1, -0.05) is 109 Å². The van der Waals surface area contributed by atoms with E-state index >= 15 is 0 Å². The topological polar surface area (TPSA) is 30.5 Å². The molecule has 0 N–H and O–H groups in total. The third-order valence-corrected chi connectivity index (χ3v) is 10.7. The van der Waals surface area contributed by atoms with Crippen molar-refractivity contribution in [3.05, 3.63) is 193 Å². The van der Waals surface area contributed by atoms with E-state index in [1.165, 1.54) is 38.5 Å². The van der Waals surface area contributed by atoms with Crippen LogP contribution in [0.15, 0.2) is 192 Å². The Morgan fingerprint density at radius 2 is 1.34 bits per heavy atom. The molecule has 1 aliphatic rings. The van der Waals surface area contributed by atoms with Crippen molar-refractivity contribution < 1.29 is 9.15 Å². The minimum Gasteiger partial charge on any atom is -0.497 e. The molecular formula is C49H36N2O2. The predicted octanol–water partition coefficient (Wildman–Crippen LogP) is 13.1. The summed E-state index contributed by atoms with van der Waals surface area (Å²) < 4.78 is 14.4. The fraction of sp³-hybridized carbons (Fsp3) is 0.0612. The fourth-order valence-corrected chi connectivity index (χ4v) is 8.02. The Morgan fingerprint density at radius 1 is 0.623 bits per heavy atom. The first-order valence-electron chi connectivity index (χ1n) is 18.2. The quantitative estimate of drug-likeness (QED) is 0.167. The molecule has 2 heterocycles. The number of allylic oxidation sites excluding steroid dienone is 3. The summed E-state index contributed by atoms with van der Waals surface area (Å²) in [6.45, 7) is 0. The third-order valence-electron chi connectivity index (χ3n) is 10.7.